The van der Waals surface area contributed by atoms with Crippen LogP contribution in [-0.4, -0.2) is 31.1 Å². The van der Waals surface area contributed by atoms with Gasteiger partial charge in [-0.25, -0.2) is 0 Å². The zero-order valence-electron chi connectivity index (χ0n) is 6.67. The van der Waals surface area contributed by atoms with Gasteiger partial charge in [0.25, 0.3) is 0 Å². The fourth-order valence-electron chi connectivity index (χ4n) is 1.20. The molecular weight excluding hydrogens is 141 g/mol. The number of hydrogen-bond donors (Lipinski definition) is 0. The Hall–Kier alpha value is -0.0500. The van der Waals surface area contributed by atoms with Gasteiger partial charge in [-0.3, -0.25) is 4.67 Å². The van der Waals surface area contributed by atoms with E-state index in [1.54, 1.807) is 0 Å². The Bertz CT molecular complexity index is 150. The van der Waals surface area contributed by atoms with E-state index in [0.717, 1.165) is 0 Å². The van der Waals surface area contributed by atoms with E-state index in [2.05, 4.69) is 24.3 Å². The number of rotatable bonds is 0. The molecule has 0 bridgehead atoms. The molecule has 0 amide bonds. The maximum atomic E-state index is 5.35. The molecule has 2 unspecified atom stereocenters. The van der Waals surface area contributed by atoms with Crippen LogP contribution in [0.3, 0.4) is 0 Å². The highest BCUT2D eigenvalue weighted by molar-refractivity contribution is 7.54. The molecule has 0 aromatic rings. The van der Waals surface area contributed by atoms with Crippen molar-refractivity contribution >= 4 is 8.07 Å². The van der Waals surface area contributed by atoms with E-state index in [0.29, 0.717) is 5.92 Å². The van der Waals surface area contributed by atoms with Crippen LogP contribution in [0.15, 0.2) is 0 Å². The maximum absolute atomic E-state index is 5.35. The van der Waals surface area contributed by atoms with Crippen LogP contribution in [0.1, 0.15) is 6.42 Å². The van der Waals surface area contributed by atoms with E-state index in [4.69, 9.17) is 6.42 Å². The van der Waals surface area contributed by atoms with Crippen LogP contribution in [0.5, 0.6) is 0 Å². The highest BCUT2D eigenvalue weighted by Crippen LogP contribution is 2.41. The van der Waals surface area contributed by atoms with Gasteiger partial charge in [0.15, 0.2) is 0 Å². The molecule has 2 heteroatoms. The lowest BCUT2D eigenvalue weighted by molar-refractivity contribution is 0.461. The summed E-state index contributed by atoms with van der Waals surface area (Å²) < 4.78 is 2.43. The van der Waals surface area contributed by atoms with Gasteiger partial charge in [-0.2, -0.15) is 0 Å². The molecule has 2 atom stereocenters. The van der Waals surface area contributed by atoms with Gasteiger partial charge in [0.05, 0.1) is 0 Å². The van der Waals surface area contributed by atoms with Crippen molar-refractivity contribution in [3.8, 4) is 12.3 Å². The fraction of sp³-hybridized carbons (Fsp3) is 0.750. The van der Waals surface area contributed by atoms with Crippen LogP contribution in [-0.2, 0) is 0 Å². The topological polar surface area (TPSA) is 3.24 Å². The summed E-state index contributed by atoms with van der Waals surface area (Å²) in [5.41, 5.74) is 0. The Kier molecular flexibility index (Phi) is 2.72. The lowest BCUT2D eigenvalue weighted by Crippen LogP contribution is -2.25. The third-order valence-corrected chi connectivity index (χ3v) is 4.44. The van der Waals surface area contributed by atoms with E-state index in [9.17, 15) is 0 Å². The molecule has 0 aliphatic carbocycles. The predicted octanol–water partition coefficient (Wildman–Crippen LogP) is 1.60. The minimum atomic E-state index is 0.0928. The largest absolute Gasteiger partial charge is 0.285 e. The van der Waals surface area contributed by atoms with Crippen molar-refractivity contribution in [2.24, 2.45) is 5.92 Å². The van der Waals surface area contributed by atoms with Crippen LogP contribution in [0, 0.1) is 18.3 Å². The average Bonchev–Trinajstić information content (AvgIpc) is 1.95. The third-order valence-electron chi connectivity index (χ3n) is 2.10. The average molecular weight is 155 g/mol. The molecule has 10 heavy (non-hydrogen) atoms. The van der Waals surface area contributed by atoms with Crippen molar-refractivity contribution < 1.29 is 0 Å². The van der Waals surface area contributed by atoms with Crippen molar-refractivity contribution in [3.63, 3.8) is 0 Å². The maximum Gasteiger partial charge on any atom is 0.0263 e. The van der Waals surface area contributed by atoms with Crippen LogP contribution >= 0.6 is 8.07 Å². The number of hydrogen-bond acceptors (Lipinski definition) is 1. The number of nitrogens with zero attached hydrogens (tertiary/aromatic N) is 1. The van der Waals surface area contributed by atoms with Gasteiger partial charge in [-0.05, 0) is 34.4 Å². The quantitative estimate of drug-likeness (QED) is 0.379. The van der Waals surface area contributed by atoms with Gasteiger partial charge in [0.2, 0.25) is 0 Å². The first-order valence-electron chi connectivity index (χ1n) is 3.62. The zero-order chi connectivity index (χ0) is 7.56. The summed E-state index contributed by atoms with van der Waals surface area (Å²) in [6.07, 6.45) is 7.79. The van der Waals surface area contributed by atoms with E-state index in [1.807, 2.05) is 0 Å². The Labute approximate surface area is 64.6 Å². The van der Waals surface area contributed by atoms with Gasteiger partial charge < -0.3 is 0 Å². The molecule has 1 aliphatic rings. The normalized spacial score (nSPS) is 35.3. The lowest BCUT2D eigenvalue weighted by atomic mass is 10.1. The second-order valence-electron chi connectivity index (χ2n) is 2.87. The second kappa shape index (κ2) is 3.37. The molecule has 0 N–H and O–H groups in total. The summed E-state index contributed by atoms with van der Waals surface area (Å²) in [5.74, 6) is 3.41. The van der Waals surface area contributed by atoms with Crippen molar-refractivity contribution in [3.05, 3.63) is 0 Å². The molecule has 56 valence electrons. The van der Waals surface area contributed by atoms with Crippen molar-refractivity contribution in [1.29, 1.82) is 0 Å². The van der Waals surface area contributed by atoms with E-state index in [-0.39, 0.29) is 8.07 Å². The molecule has 1 rings (SSSR count). The van der Waals surface area contributed by atoms with Crippen molar-refractivity contribution in [2.45, 2.75) is 6.42 Å². The SMILES string of the molecule is C#CC1CCN(C)P(C)C1. The summed E-state index contributed by atoms with van der Waals surface area (Å²) in [6.45, 7) is 3.50. The molecule has 1 heterocycles. The molecule has 0 saturated carbocycles. The fourth-order valence-corrected chi connectivity index (χ4v) is 2.86. The molecule has 0 aromatic carbocycles. The first-order valence-corrected chi connectivity index (χ1v) is 5.55. The highest BCUT2D eigenvalue weighted by Gasteiger charge is 2.20. The summed E-state index contributed by atoms with van der Waals surface area (Å²) in [6, 6.07) is 0. The van der Waals surface area contributed by atoms with Gasteiger partial charge in [-0.1, -0.05) is 0 Å². The first kappa shape index (κ1) is 8.05. The minimum Gasteiger partial charge on any atom is -0.285 e. The van der Waals surface area contributed by atoms with Gasteiger partial charge in [0.1, 0.15) is 0 Å². The molecule has 1 saturated heterocycles. The van der Waals surface area contributed by atoms with Crippen molar-refractivity contribution in [1.82, 2.24) is 4.67 Å². The van der Waals surface area contributed by atoms with Crippen LogP contribution in [0.4, 0.5) is 0 Å². The highest BCUT2D eigenvalue weighted by atomic mass is 31.1. The van der Waals surface area contributed by atoms with Crippen LogP contribution in [0.25, 0.3) is 0 Å². The molecule has 0 radical (unpaired) electrons. The Morgan fingerprint density at radius 3 is 2.90 bits per heavy atom. The molecular formula is C8H14NP. The Morgan fingerprint density at radius 1 is 1.70 bits per heavy atom. The van der Waals surface area contributed by atoms with E-state index < -0.39 is 0 Å². The molecule has 0 spiro atoms. The van der Waals surface area contributed by atoms with Gasteiger partial charge in [-0.15, -0.1) is 12.3 Å². The number of terminal acetylenes is 1. The molecule has 1 fully saturated rings. The molecule has 1 nitrogen and oxygen atoms in total. The summed E-state index contributed by atoms with van der Waals surface area (Å²) >= 11 is 0. The van der Waals surface area contributed by atoms with Gasteiger partial charge >= 0.3 is 0 Å². The monoisotopic (exact) mass is 155 g/mol. The summed E-state index contributed by atoms with van der Waals surface area (Å²) in [7, 11) is 2.29. The second-order valence-corrected chi connectivity index (χ2v) is 5.24. The Morgan fingerprint density at radius 2 is 2.40 bits per heavy atom. The summed E-state index contributed by atoms with van der Waals surface area (Å²) in [4.78, 5) is 0. The Balaban J connectivity index is 2.42. The van der Waals surface area contributed by atoms with Crippen molar-refractivity contribution in [2.75, 3.05) is 26.4 Å². The van der Waals surface area contributed by atoms with E-state index >= 15 is 0 Å². The minimum absolute atomic E-state index is 0.0928. The summed E-state index contributed by atoms with van der Waals surface area (Å²) in [5, 5.41) is 0. The standard InChI is InChI=1S/C8H14NP/c1-4-8-5-6-9(2)10(3)7-8/h1,8H,5-7H2,2-3H3. The lowest BCUT2D eigenvalue weighted by Gasteiger charge is -2.32. The predicted molar refractivity (Wildman–Crippen MR) is 47.3 cm³/mol. The van der Waals surface area contributed by atoms with E-state index in [1.165, 1.54) is 19.1 Å². The third kappa shape index (κ3) is 1.72. The molecule has 0 aromatic heterocycles. The zero-order valence-corrected chi connectivity index (χ0v) is 7.56. The van der Waals surface area contributed by atoms with Crippen LogP contribution < -0.4 is 0 Å². The van der Waals surface area contributed by atoms with Crippen LogP contribution in [0.2, 0.25) is 0 Å². The molecule has 1 aliphatic heterocycles. The smallest absolute Gasteiger partial charge is 0.0263 e. The van der Waals surface area contributed by atoms with Gasteiger partial charge in [0, 0.05) is 12.5 Å². The first-order chi connectivity index (χ1) is 4.74.